The summed E-state index contributed by atoms with van der Waals surface area (Å²) < 4.78 is 5.02. The number of amides is 3. The quantitative estimate of drug-likeness (QED) is 0.689. The summed E-state index contributed by atoms with van der Waals surface area (Å²) in [4.78, 5) is 41.2. The van der Waals surface area contributed by atoms with E-state index in [0.29, 0.717) is 39.0 Å². The Kier molecular flexibility index (Phi) is 6.74. The van der Waals surface area contributed by atoms with E-state index in [1.54, 1.807) is 11.8 Å². The fourth-order valence-electron chi connectivity index (χ4n) is 3.70. The van der Waals surface area contributed by atoms with Crippen molar-refractivity contribution in [2.24, 2.45) is 0 Å². The molecular weight excluding hydrogens is 372 g/mol. The standard InChI is InChI=1S/C21H28N4O4/c1-3-29-21(28)25-10-8-16(9-11-25)24-20(27)19(23-14(2)26)12-15-13-22-18-7-5-4-6-17(15)18/h4-7,13,16,19,22H,3,8-12H2,1-2H3,(H,23,26)(H,24,27). The molecule has 1 unspecified atom stereocenters. The number of benzene rings is 1. The SMILES string of the molecule is CCOC(=O)N1CCC(NC(=O)C(Cc2c[nH]c3ccccc23)NC(C)=O)CC1. The van der Waals surface area contributed by atoms with Crippen molar-refractivity contribution in [2.45, 2.75) is 45.2 Å². The summed E-state index contributed by atoms with van der Waals surface area (Å²) in [5.74, 6) is -0.456. The van der Waals surface area contributed by atoms with Crippen molar-refractivity contribution in [3.63, 3.8) is 0 Å². The second kappa shape index (κ2) is 9.45. The van der Waals surface area contributed by atoms with Gasteiger partial charge in [0.05, 0.1) is 6.61 Å². The van der Waals surface area contributed by atoms with Crippen LogP contribution in [0.25, 0.3) is 10.9 Å². The van der Waals surface area contributed by atoms with Gasteiger partial charge in [0.1, 0.15) is 6.04 Å². The Morgan fingerprint density at radius 3 is 2.66 bits per heavy atom. The van der Waals surface area contributed by atoms with Gasteiger partial charge in [-0.2, -0.15) is 0 Å². The van der Waals surface area contributed by atoms with Crippen LogP contribution in [-0.2, 0) is 20.7 Å². The van der Waals surface area contributed by atoms with E-state index in [-0.39, 0.29) is 23.9 Å². The number of rotatable bonds is 6. The summed E-state index contributed by atoms with van der Waals surface area (Å²) in [6.45, 7) is 4.61. The normalized spacial score (nSPS) is 15.7. The Bertz CT molecular complexity index is 870. The molecule has 2 heterocycles. The molecule has 1 saturated heterocycles. The van der Waals surface area contributed by atoms with Crippen molar-refractivity contribution in [1.29, 1.82) is 0 Å². The van der Waals surface area contributed by atoms with Crippen molar-refractivity contribution in [2.75, 3.05) is 19.7 Å². The molecule has 3 amide bonds. The van der Waals surface area contributed by atoms with Crippen LogP contribution in [0.2, 0.25) is 0 Å². The molecule has 0 aliphatic carbocycles. The fraction of sp³-hybridized carbons (Fsp3) is 0.476. The number of hydrogen-bond acceptors (Lipinski definition) is 4. The molecule has 1 atom stereocenters. The minimum Gasteiger partial charge on any atom is -0.450 e. The van der Waals surface area contributed by atoms with Crippen LogP contribution < -0.4 is 10.6 Å². The lowest BCUT2D eigenvalue weighted by atomic mass is 10.0. The molecule has 0 radical (unpaired) electrons. The molecule has 1 aliphatic heterocycles. The fourth-order valence-corrected chi connectivity index (χ4v) is 3.70. The largest absolute Gasteiger partial charge is 0.450 e. The van der Waals surface area contributed by atoms with E-state index >= 15 is 0 Å². The third-order valence-electron chi connectivity index (χ3n) is 5.16. The maximum atomic E-state index is 12.9. The number of aromatic nitrogens is 1. The number of nitrogens with one attached hydrogen (secondary N) is 3. The number of likely N-dealkylation sites (tertiary alicyclic amines) is 1. The van der Waals surface area contributed by atoms with E-state index in [9.17, 15) is 14.4 Å². The maximum Gasteiger partial charge on any atom is 0.409 e. The number of carbonyl (C=O) groups excluding carboxylic acids is 3. The Balaban J connectivity index is 1.61. The zero-order chi connectivity index (χ0) is 20.8. The molecule has 8 nitrogen and oxygen atoms in total. The average molecular weight is 400 g/mol. The Morgan fingerprint density at radius 1 is 1.24 bits per heavy atom. The Hall–Kier alpha value is -3.03. The van der Waals surface area contributed by atoms with Gasteiger partial charge >= 0.3 is 6.09 Å². The van der Waals surface area contributed by atoms with E-state index < -0.39 is 6.04 Å². The summed E-state index contributed by atoms with van der Waals surface area (Å²) in [5, 5.41) is 6.84. The lowest BCUT2D eigenvalue weighted by Crippen LogP contribution is -2.53. The van der Waals surface area contributed by atoms with E-state index in [4.69, 9.17) is 4.74 Å². The Labute approximate surface area is 170 Å². The predicted molar refractivity (Wildman–Crippen MR) is 109 cm³/mol. The first-order chi connectivity index (χ1) is 14.0. The van der Waals surface area contributed by atoms with Crippen LogP contribution in [-0.4, -0.2) is 59.6 Å². The lowest BCUT2D eigenvalue weighted by molar-refractivity contribution is -0.128. The second-order valence-electron chi connectivity index (χ2n) is 7.29. The van der Waals surface area contributed by atoms with Crippen LogP contribution in [0.4, 0.5) is 4.79 Å². The number of hydrogen-bond donors (Lipinski definition) is 3. The van der Waals surface area contributed by atoms with Gasteiger partial charge in [-0.15, -0.1) is 0 Å². The molecule has 1 fully saturated rings. The number of carbonyl (C=O) groups is 3. The molecule has 1 aromatic carbocycles. The molecule has 0 bridgehead atoms. The van der Waals surface area contributed by atoms with E-state index in [1.165, 1.54) is 6.92 Å². The predicted octanol–water partition coefficient (Wildman–Crippen LogP) is 1.95. The molecule has 156 valence electrons. The second-order valence-corrected chi connectivity index (χ2v) is 7.29. The van der Waals surface area contributed by atoms with Crippen molar-refractivity contribution in [1.82, 2.24) is 20.5 Å². The number of para-hydroxylation sites is 1. The summed E-state index contributed by atoms with van der Waals surface area (Å²) in [6, 6.07) is 7.18. The van der Waals surface area contributed by atoms with Gasteiger partial charge in [-0.1, -0.05) is 18.2 Å². The van der Waals surface area contributed by atoms with Gasteiger partial charge in [0.2, 0.25) is 11.8 Å². The van der Waals surface area contributed by atoms with Crippen LogP contribution in [0.5, 0.6) is 0 Å². The summed E-state index contributed by atoms with van der Waals surface area (Å²) in [5.41, 5.74) is 1.97. The maximum absolute atomic E-state index is 12.9. The number of fused-ring (bicyclic) bond motifs is 1. The zero-order valence-corrected chi connectivity index (χ0v) is 16.9. The molecule has 2 aromatic rings. The van der Waals surface area contributed by atoms with E-state index in [0.717, 1.165) is 16.5 Å². The van der Waals surface area contributed by atoms with Gasteiger partial charge < -0.3 is 25.3 Å². The van der Waals surface area contributed by atoms with Crippen molar-refractivity contribution < 1.29 is 19.1 Å². The molecule has 0 spiro atoms. The van der Waals surface area contributed by atoms with E-state index in [1.807, 2.05) is 30.5 Å². The monoisotopic (exact) mass is 400 g/mol. The van der Waals surface area contributed by atoms with Crippen LogP contribution in [0.15, 0.2) is 30.5 Å². The van der Waals surface area contributed by atoms with Crippen LogP contribution in [0.1, 0.15) is 32.3 Å². The molecule has 29 heavy (non-hydrogen) atoms. The van der Waals surface area contributed by atoms with Crippen LogP contribution >= 0.6 is 0 Å². The van der Waals surface area contributed by atoms with Gasteiger partial charge in [-0.3, -0.25) is 9.59 Å². The number of aromatic amines is 1. The van der Waals surface area contributed by atoms with Crippen molar-refractivity contribution in [3.05, 3.63) is 36.0 Å². The molecule has 3 N–H and O–H groups in total. The molecule has 3 rings (SSSR count). The minimum absolute atomic E-state index is 0.0348. The first-order valence-electron chi connectivity index (χ1n) is 10.0. The van der Waals surface area contributed by atoms with Gasteiger partial charge in [-0.05, 0) is 31.4 Å². The highest BCUT2D eigenvalue weighted by atomic mass is 16.6. The molecule has 1 aromatic heterocycles. The highest BCUT2D eigenvalue weighted by Crippen LogP contribution is 2.19. The topological polar surface area (TPSA) is 104 Å². The van der Waals surface area contributed by atoms with Crippen molar-refractivity contribution in [3.8, 4) is 0 Å². The van der Waals surface area contributed by atoms with Crippen molar-refractivity contribution >= 4 is 28.8 Å². The third kappa shape index (κ3) is 5.28. The molecule has 0 saturated carbocycles. The molecule has 8 heteroatoms. The molecular formula is C21H28N4O4. The number of piperidine rings is 1. The third-order valence-corrected chi connectivity index (χ3v) is 5.16. The number of H-pyrrole nitrogens is 1. The van der Waals surface area contributed by atoms with Crippen LogP contribution in [0.3, 0.4) is 0 Å². The zero-order valence-electron chi connectivity index (χ0n) is 16.9. The Morgan fingerprint density at radius 2 is 1.97 bits per heavy atom. The average Bonchev–Trinajstić information content (AvgIpc) is 3.11. The van der Waals surface area contributed by atoms with Gasteiger partial charge in [0, 0.05) is 49.6 Å². The highest BCUT2D eigenvalue weighted by molar-refractivity contribution is 5.89. The molecule has 1 aliphatic rings. The highest BCUT2D eigenvalue weighted by Gasteiger charge is 2.28. The van der Waals surface area contributed by atoms with Crippen LogP contribution in [0, 0.1) is 0 Å². The van der Waals surface area contributed by atoms with E-state index in [2.05, 4.69) is 15.6 Å². The minimum atomic E-state index is -0.658. The smallest absolute Gasteiger partial charge is 0.409 e. The first kappa shape index (κ1) is 20.7. The summed E-state index contributed by atoms with van der Waals surface area (Å²) in [7, 11) is 0. The summed E-state index contributed by atoms with van der Waals surface area (Å²) in [6.07, 6.45) is 3.28. The number of ether oxygens (including phenoxy) is 1. The van der Waals surface area contributed by atoms with Gasteiger partial charge in [0.15, 0.2) is 0 Å². The first-order valence-corrected chi connectivity index (χ1v) is 10.0. The van der Waals surface area contributed by atoms with Gasteiger partial charge in [-0.25, -0.2) is 4.79 Å². The summed E-state index contributed by atoms with van der Waals surface area (Å²) >= 11 is 0. The number of nitrogens with zero attached hydrogens (tertiary/aromatic N) is 1. The van der Waals surface area contributed by atoms with Gasteiger partial charge in [0.25, 0.3) is 0 Å². The lowest BCUT2D eigenvalue weighted by Gasteiger charge is -2.32.